The maximum Gasteiger partial charge on any atom is 0.252 e. The Labute approximate surface area is 118 Å². The van der Waals surface area contributed by atoms with Crippen LogP contribution in [0.1, 0.15) is 34.1 Å². The Morgan fingerprint density at radius 2 is 2.00 bits per heavy atom. The van der Waals surface area contributed by atoms with Crippen LogP contribution in [0.25, 0.3) is 0 Å². The lowest BCUT2D eigenvalue weighted by atomic mass is 9.91. The molecular weight excluding hydrogens is 264 g/mol. The predicted octanol–water partition coefficient (Wildman–Crippen LogP) is 2.49. The highest BCUT2D eigenvalue weighted by molar-refractivity contribution is 6.28. The van der Waals surface area contributed by atoms with Gasteiger partial charge < -0.3 is 9.80 Å². The first-order chi connectivity index (χ1) is 8.99. The van der Waals surface area contributed by atoms with Gasteiger partial charge in [-0.25, -0.2) is 4.98 Å². The number of amides is 1. The first kappa shape index (κ1) is 14.1. The van der Waals surface area contributed by atoms with E-state index in [9.17, 15) is 4.79 Å². The largest absolute Gasteiger partial charge is 0.341 e. The number of fused-ring (bicyclic) bond motifs is 1. The lowest BCUT2D eigenvalue weighted by Crippen LogP contribution is -2.62. The van der Waals surface area contributed by atoms with Crippen molar-refractivity contribution in [2.45, 2.75) is 39.7 Å². The fourth-order valence-corrected chi connectivity index (χ4v) is 2.77. The average Bonchev–Trinajstić information content (AvgIpc) is 2.41. The third-order valence-corrected chi connectivity index (χ3v) is 4.07. The standard InChI is InChI=1S/C13H19ClN4O/c1-5-13(4)11(19)17(6-2)9-8-15-12(14)16-10(9)18(13)7-3/h8H,5-7H2,1-4H3/t13-/m0/s1. The number of halogens is 1. The molecule has 19 heavy (non-hydrogen) atoms. The molecule has 0 radical (unpaired) electrons. The molecule has 6 heteroatoms. The minimum atomic E-state index is -0.574. The smallest absolute Gasteiger partial charge is 0.252 e. The third-order valence-electron chi connectivity index (χ3n) is 3.89. The van der Waals surface area contributed by atoms with E-state index >= 15 is 0 Å². The molecular formula is C13H19ClN4O. The summed E-state index contributed by atoms with van der Waals surface area (Å²) in [5.74, 6) is 0.839. The van der Waals surface area contributed by atoms with E-state index < -0.39 is 5.54 Å². The number of carbonyl (C=O) groups is 1. The fourth-order valence-electron chi connectivity index (χ4n) is 2.64. The van der Waals surface area contributed by atoms with E-state index in [0.29, 0.717) is 13.1 Å². The number of nitrogens with zero attached hydrogens (tertiary/aromatic N) is 4. The lowest BCUT2D eigenvalue weighted by molar-refractivity contribution is -0.123. The summed E-state index contributed by atoms with van der Waals surface area (Å²) in [5.41, 5.74) is 0.166. The highest BCUT2D eigenvalue weighted by Crippen LogP contribution is 2.40. The summed E-state index contributed by atoms with van der Waals surface area (Å²) < 4.78 is 0. The molecule has 0 unspecified atom stereocenters. The van der Waals surface area contributed by atoms with Gasteiger partial charge in [-0.2, -0.15) is 4.98 Å². The number of hydrogen-bond donors (Lipinski definition) is 0. The summed E-state index contributed by atoms with van der Waals surface area (Å²) in [6, 6.07) is 0. The summed E-state index contributed by atoms with van der Waals surface area (Å²) in [6.45, 7) is 9.25. The summed E-state index contributed by atoms with van der Waals surface area (Å²) >= 11 is 5.91. The lowest BCUT2D eigenvalue weighted by Gasteiger charge is -2.47. The van der Waals surface area contributed by atoms with E-state index in [1.165, 1.54) is 0 Å². The van der Waals surface area contributed by atoms with Crippen molar-refractivity contribution in [3.05, 3.63) is 11.5 Å². The zero-order valence-electron chi connectivity index (χ0n) is 11.8. The van der Waals surface area contributed by atoms with Crippen LogP contribution in [-0.2, 0) is 4.79 Å². The molecule has 0 bridgehead atoms. The SMILES string of the molecule is CCN1C(=O)[C@](C)(CC)N(CC)c2nc(Cl)ncc21. The molecule has 0 saturated heterocycles. The third kappa shape index (κ3) is 1.96. The molecule has 1 aliphatic heterocycles. The second-order valence-corrected chi connectivity index (χ2v) is 5.11. The number of carbonyl (C=O) groups excluding carboxylic acids is 1. The van der Waals surface area contributed by atoms with Crippen LogP contribution >= 0.6 is 11.6 Å². The molecule has 1 amide bonds. The zero-order valence-corrected chi connectivity index (χ0v) is 12.5. The van der Waals surface area contributed by atoms with Gasteiger partial charge >= 0.3 is 0 Å². The Morgan fingerprint density at radius 3 is 2.53 bits per heavy atom. The number of likely N-dealkylation sites (N-methyl/N-ethyl adjacent to an activating group) is 2. The second-order valence-electron chi connectivity index (χ2n) is 4.77. The number of rotatable bonds is 3. The van der Waals surface area contributed by atoms with Gasteiger partial charge in [-0.1, -0.05) is 6.92 Å². The van der Waals surface area contributed by atoms with Gasteiger partial charge in [-0.15, -0.1) is 0 Å². The minimum absolute atomic E-state index is 0.0952. The maximum atomic E-state index is 12.7. The highest BCUT2D eigenvalue weighted by atomic mass is 35.5. The van der Waals surface area contributed by atoms with Gasteiger partial charge in [0.25, 0.3) is 5.91 Å². The van der Waals surface area contributed by atoms with Crippen LogP contribution in [0.2, 0.25) is 5.28 Å². The van der Waals surface area contributed by atoms with Crippen LogP contribution in [0.4, 0.5) is 11.5 Å². The van der Waals surface area contributed by atoms with Crippen molar-refractivity contribution < 1.29 is 4.79 Å². The van der Waals surface area contributed by atoms with Gasteiger partial charge in [0.15, 0.2) is 5.82 Å². The van der Waals surface area contributed by atoms with Crippen molar-refractivity contribution in [2.75, 3.05) is 22.9 Å². The molecule has 1 aliphatic rings. The molecule has 2 heterocycles. The van der Waals surface area contributed by atoms with Crippen molar-refractivity contribution in [3.63, 3.8) is 0 Å². The van der Waals surface area contributed by atoms with Gasteiger partial charge in [-0.3, -0.25) is 4.79 Å². The second kappa shape index (κ2) is 4.96. The van der Waals surface area contributed by atoms with Gasteiger partial charge in [0.05, 0.1) is 6.20 Å². The predicted molar refractivity (Wildman–Crippen MR) is 76.8 cm³/mol. The van der Waals surface area contributed by atoms with Crippen LogP contribution < -0.4 is 9.80 Å². The Balaban J connectivity index is 2.67. The first-order valence-electron chi connectivity index (χ1n) is 6.61. The van der Waals surface area contributed by atoms with E-state index in [2.05, 4.69) is 9.97 Å². The van der Waals surface area contributed by atoms with Crippen molar-refractivity contribution in [3.8, 4) is 0 Å². The molecule has 5 nitrogen and oxygen atoms in total. The van der Waals surface area contributed by atoms with Gasteiger partial charge in [0.1, 0.15) is 11.2 Å². The van der Waals surface area contributed by atoms with E-state index in [0.717, 1.165) is 17.9 Å². The number of hydrogen-bond acceptors (Lipinski definition) is 4. The summed E-state index contributed by atoms with van der Waals surface area (Å²) in [5, 5.41) is 0.209. The minimum Gasteiger partial charge on any atom is -0.341 e. The van der Waals surface area contributed by atoms with Crippen molar-refractivity contribution >= 4 is 29.0 Å². The van der Waals surface area contributed by atoms with Crippen molar-refractivity contribution in [2.24, 2.45) is 0 Å². The molecule has 1 atom stereocenters. The van der Waals surface area contributed by atoms with E-state index in [1.54, 1.807) is 11.1 Å². The molecule has 0 aromatic carbocycles. The van der Waals surface area contributed by atoms with Crippen LogP contribution in [0, 0.1) is 0 Å². The molecule has 0 N–H and O–H groups in total. The Bertz CT molecular complexity index is 507. The molecule has 0 fully saturated rings. The first-order valence-corrected chi connectivity index (χ1v) is 6.99. The molecule has 1 aromatic rings. The van der Waals surface area contributed by atoms with Crippen molar-refractivity contribution in [1.82, 2.24) is 9.97 Å². The molecule has 104 valence electrons. The van der Waals surface area contributed by atoms with Gasteiger partial charge in [-0.05, 0) is 38.8 Å². The van der Waals surface area contributed by atoms with E-state index in [4.69, 9.17) is 11.6 Å². The van der Waals surface area contributed by atoms with Crippen molar-refractivity contribution in [1.29, 1.82) is 0 Å². The monoisotopic (exact) mass is 282 g/mol. The number of aromatic nitrogens is 2. The maximum absolute atomic E-state index is 12.7. The molecule has 1 aromatic heterocycles. The Hall–Kier alpha value is -1.36. The molecule has 0 spiro atoms. The number of anilines is 2. The summed E-state index contributed by atoms with van der Waals surface area (Å²) in [4.78, 5) is 24.8. The molecule has 0 aliphatic carbocycles. The zero-order chi connectivity index (χ0) is 14.2. The molecule has 0 saturated carbocycles. The summed E-state index contributed by atoms with van der Waals surface area (Å²) in [7, 11) is 0. The highest BCUT2D eigenvalue weighted by Gasteiger charge is 2.46. The van der Waals surface area contributed by atoms with Crippen LogP contribution in [0.3, 0.4) is 0 Å². The summed E-state index contributed by atoms with van der Waals surface area (Å²) in [6.07, 6.45) is 2.35. The van der Waals surface area contributed by atoms with E-state index in [1.807, 2.05) is 32.6 Å². The normalized spacial score (nSPS) is 22.7. The topological polar surface area (TPSA) is 49.3 Å². The Morgan fingerprint density at radius 1 is 1.32 bits per heavy atom. The van der Waals surface area contributed by atoms with E-state index in [-0.39, 0.29) is 11.2 Å². The van der Waals surface area contributed by atoms with Gasteiger partial charge in [0.2, 0.25) is 5.28 Å². The van der Waals surface area contributed by atoms with Crippen LogP contribution in [0.5, 0.6) is 0 Å². The Kier molecular flexibility index (Phi) is 3.67. The van der Waals surface area contributed by atoms with Crippen LogP contribution in [0.15, 0.2) is 6.20 Å². The van der Waals surface area contributed by atoms with Gasteiger partial charge in [0, 0.05) is 13.1 Å². The fraction of sp³-hybridized carbons (Fsp3) is 0.615. The van der Waals surface area contributed by atoms with Crippen LogP contribution in [-0.4, -0.2) is 34.5 Å². The average molecular weight is 283 g/mol. The quantitative estimate of drug-likeness (QED) is 0.799. The molecule has 2 rings (SSSR count).